The number of benzene rings is 2. The van der Waals surface area contributed by atoms with Crippen molar-refractivity contribution in [1.82, 2.24) is 5.32 Å². The molecule has 1 unspecified atom stereocenters. The van der Waals surface area contributed by atoms with Crippen molar-refractivity contribution < 1.29 is 14.7 Å². The molecule has 0 aliphatic rings. The fourth-order valence-corrected chi connectivity index (χ4v) is 2.77. The highest BCUT2D eigenvalue weighted by molar-refractivity contribution is 8.00. The Morgan fingerprint density at radius 3 is 2.62 bits per heavy atom. The third-order valence-corrected chi connectivity index (χ3v) is 4.04. The number of carboxylic acids is 1. The van der Waals surface area contributed by atoms with E-state index in [-0.39, 0.29) is 23.5 Å². The maximum absolute atomic E-state index is 11.8. The highest BCUT2D eigenvalue weighted by Gasteiger charge is 2.12. The second-order valence-electron chi connectivity index (χ2n) is 4.74. The molecule has 0 heterocycles. The summed E-state index contributed by atoms with van der Waals surface area (Å²) in [5.74, 6) is -0.964. The standard InChI is InChI=1S/C16H17NO3S/c1-11(17-15(18)9-21-10-16(19)20)13-8-4-6-12-5-2-3-7-14(12)13/h2-8,11H,9-10H2,1H3,(H,17,18)(H,19,20). The van der Waals surface area contributed by atoms with Gasteiger partial charge in [0.1, 0.15) is 0 Å². The minimum atomic E-state index is -0.907. The van der Waals surface area contributed by atoms with Crippen molar-refractivity contribution in [3.05, 3.63) is 48.0 Å². The van der Waals surface area contributed by atoms with Gasteiger partial charge in [-0.3, -0.25) is 9.59 Å². The van der Waals surface area contributed by atoms with E-state index in [0.29, 0.717) is 0 Å². The van der Waals surface area contributed by atoms with E-state index >= 15 is 0 Å². The van der Waals surface area contributed by atoms with Crippen molar-refractivity contribution >= 4 is 34.4 Å². The third-order valence-electron chi connectivity index (χ3n) is 3.13. The molecule has 0 aliphatic heterocycles. The van der Waals surface area contributed by atoms with E-state index in [1.54, 1.807) is 0 Å². The van der Waals surface area contributed by atoms with Crippen LogP contribution in [0.1, 0.15) is 18.5 Å². The molecule has 110 valence electrons. The Balaban J connectivity index is 2.03. The normalized spacial score (nSPS) is 12.0. The molecule has 0 spiro atoms. The summed E-state index contributed by atoms with van der Waals surface area (Å²) in [6.07, 6.45) is 0. The molecular weight excluding hydrogens is 286 g/mol. The molecule has 0 fully saturated rings. The number of hydrogen-bond acceptors (Lipinski definition) is 3. The molecule has 4 nitrogen and oxygen atoms in total. The molecule has 21 heavy (non-hydrogen) atoms. The predicted molar refractivity (Wildman–Crippen MR) is 85.5 cm³/mol. The maximum Gasteiger partial charge on any atom is 0.313 e. The Bertz CT molecular complexity index is 652. The van der Waals surface area contributed by atoms with Crippen LogP contribution in [0.3, 0.4) is 0 Å². The fraction of sp³-hybridized carbons (Fsp3) is 0.250. The van der Waals surface area contributed by atoms with Crippen LogP contribution in [0.5, 0.6) is 0 Å². The molecule has 0 aliphatic carbocycles. The number of amides is 1. The minimum absolute atomic E-state index is 0.0595. The lowest BCUT2D eigenvalue weighted by Crippen LogP contribution is -2.28. The first-order valence-electron chi connectivity index (χ1n) is 6.64. The summed E-state index contributed by atoms with van der Waals surface area (Å²) in [6, 6.07) is 13.9. The molecule has 2 N–H and O–H groups in total. The number of carboxylic acid groups (broad SMARTS) is 1. The maximum atomic E-state index is 11.8. The second kappa shape index (κ2) is 7.13. The third kappa shape index (κ3) is 4.23. The summed E-state index contributed by atoms with van der Waals surface area (Å²) in [4.78, 5) is 22.2. The van der Waals surface area contributed by atoms with Gasteiger partial charge in [-0.15, -0.1) is 11.8 Å². The molecule has 5 heteroatoms. The topological polar surface area (TPSA) is 66.4 Å². The van der Waals surface area contributed by atoms with E-state index in [1.165, 1.54) is 0 Å². The molecule has 1 amide bonds. The fourth-order valence-electron chi connectivity index (χ4n) is 2.22. The van der Waals surface area contributed by atoms with Gasteiger partial charge >= 0.3 is 5.97 Å². The number of carbonyl (C=O) groups is 2. The molecule has 0 radical (unpaired) electrons. The van der Waals surface area contributed by atoms with Gasteiger partial charge in [0.15, 0.2) is 0 Å². The average molecular weight is 303 g/mol. The molecule has 2 rings (SSSR count). The smallest absolute Gasteiger partial charge is 0.313 e. The van der Waals surface area contributed by atoms with Crippen molar-refractivity contribution in [3.63, 3.8) is 0 Å². The largest absolute Gasteiger partial charge is 0.481 e. The van der Waals surface area contributed by atoms with Gasteiger partial charge < -0.3 is 10.4 Å². The van der Waals surface area contributed by atoms with Crippen molar-refractivity contribution in [2.45, 2.75) is 13.0 Å². The molecule has 2 aromatic carbocycles. The Kier molecular flexibility index (Phi) is 5.22. The average Bonchev–Trinajstić information content (AvgIpc) is 2.46. The predicted octanol–water partition coefficient (Wildman–Crippen LogP) is 2.83. The molecule has 0 saturated heterocycles. The lowest BCUT2D eigenvalue weighted by atomic mass is 10.00. The van der Waals surface area contributed by atoms with Gasteiger partial charge in [0.05, 0.1) is 17.5 Å². The highest BCUT2D eigenvalue weighted by atomic mass is 32.2. The minimum Gasteiger partial charge on any atom is -0.481 e. The van der Waals surface area contributed by atoms with Crippen LogP contribution in [0.2, 0.25) is 0 Å². The summed E-state index contributed by atoms with van der Waals surface area (Å²) in [6.45, 7) is 1.93. The zero-order chi connectivity index (χ0) is 15.2. The monoisotopic (exact) mass is 303 g/mol. The summed E-state index contributed by atoms with van der Waals surface area (Å²) in [7, 11) is 0. The number of nitrogens with one attached hydrogen (secondary N) is 1. The number of thioether (sulfide) groups is 1. The van der Waals surface area contributed by atoms with Crippen molar-refractivity contribution in [3.8, 4) is 0 Å². The molecular formula is C16H17NO3S. The van der Waals surface area contributed by atoms with E-state index in [4.69, 9.17) is 5.11 Å². The van der Waals surface area contributed by atoms with Crippen molar-refractivity contribution in [2.75, 3.05) is 11.5 Å². The summed E-state index contributed by atoms with van der Waals surface area (Å²) >= 11 is 1.10. The van der Waals surface area contributed by atoms with E-state index < -0.39 is 5.97 Å². The lowest BCUT2D eigenvalue weighted by molar-refractivity contribution is -0.133. The van der Waals surface area contributed by atoms with Gasteiger partial charge in [-0.1, -0.05) is 42.5 Å². The Labute approximate surface area is 127 Å². The Hall–Kier alpha value is -2.01. The number of aliphatic carboxylic acids is 1. The van der Waals surface area contributed by atoms with Gasteiger partial charge in [-0.25, -0.2) is 0 Å². The molecule has 0 bridgehead atoms. The SMILES string of the molecule is CC(NC(=O)CSCC(=O)O)c1cccc2ccccc12. The van der Waals surface area contributed by atoms with Crippen LogP contribution in [0.15, 0.2) is 42.5 Å². The number of fused-ring (bicyclic) bond motifs is 1. The van der Waals surface area contributed by atoms with Crippen LogP contribution in [0.4, 0.5) is 0 Å². The Morgan fingerprint density at radius 2 is 1.86 bits per heavy atom. The van der Waals surface area contributed by atoms with Crippen LogP contribution in [0, 0.1) is 0 Å². The van der Waals surface area contributed by atoms with Gasteiger partial charge in [-0.05, 0) is 23.3 Å². The van der Waals surface area contributed by atoms with Crippen LogP contribution in [0.25, 0.3) is 10.8 Å². The lowest BCUT2D eigenvalue weighted by Gasteiger charge is -2.16. The number of hydrogen-bond donors (Lipinski definition) is 2. The number of carbonyl (C=O) groups excluding carboxylic acids is 1. The van der Waals surface area contributed by atoms with Crippen LogP contribution >= 0.6 is 11.8 Å². The van der Waals surface area contributed by atoms with Crippen LogP contribution in [-0.2, 0) is 9.59 Å². The zero-order valence-corrected chi connectivity index (χ0v) is 12.5. The van der Waals surface area contributed by atoms with Gasteiger partial charge in [0.25, 0.3) is 0 Å². The zero-order valence-electron chi connectivity index (χ0n) is 11.7. The molecule has 0 aromatic heterocycles. The van der Waals surface area contributed by atoms with Crippen molar-refractivity contribution in [1.29, 1.82) is 0 Å². The van der Waals surface area contributed by atoms with E-state index in [9.17, 15) is 9.59 Å². The van der Waals surface area contributed by atoms with Crippen molar-refractivity contribution in [2.24, 2.45) is 0 Å². The van der Waals surface area contributed by atoms with E-state index in [1.807, 2.05) is 49.4 Å². The van der Waals surface area contributed by atoms with Crippen LogP contribution in [-0.4, -0.2) is 28.5 Å². The molecule has 0 saturated carbocycles. The quantitative estimate of drug-likeness (QED) is 0.861. The van der Waals surface area contributed by atoms with E-state index in [2.05, 4.69) is 5.32 Å². The summed E-state index contributed by atoms with van der Waals surface area (Å²) < 4.78 is 0. The van der Waals surface area contributed by atoms with Crippen LogP contribution < -0.4 is 5.32 Å². The highest BCUT2D eigenvalue weighted by Crippen LogP contribution is 2.24. The van der Waals surface area contributed by atoms with Gasteiger partial charge in [0.2, 0.25) is 5.91 Å². The molecule has 1 atom stereocenters. The van der Waals surface area contributed by atoms with E-state index in [0.717, 1.165) is 28.1 Å². The number of rotatable bonds is 6. The van der Waals surface area contributed by atoms with Gasteiger partial charge in [-0.2, -0.15) is 0 Å². The van der Waals surface area contributed by atoms with Gasteiger partial charge in [0, 0.05) is 0 Å². The first-order chi connectivity index (χ1) is 10.1. The second-order valence-corrected chi connectivity index (χ2v) is 5.73. The Morgan fingerprint density at radius 1 is 1.14 bits per heavy atom. The summed E-state index contributed by atoms with van der Waals surface area (Å²) in [5.41, 5.74) is 1.06. The first-order valence-corrected chi connectivity index (χ1v) is 7.80. The summed E-state index contributed by atoms with van der Waals surface area (Å²) in [5, 5.41) is 13.7. The first kappa shape index (κ1) is 15.4. The molecule has 2 aromatic rings.